The number of nitrogens with two attached hydrogens (primary N) is 2. The second-order valence-corrected chi connectivity index (χ2v) is 6.43. The van der Waals surface area contributed by atoms with Crippen LogP contribution in [0, 0.1) is 0 Å². The van der Waals surface area contributed by atoms with Crippen molar-refractivity contribution < 1.29 is 9.21 Å². The van der Waals surface area contributed by atoms with E-state index < -0.39 is 5.91 Å². The van der Waals surface area contributed by atoms with Crippen LogP contribution >= 0.6 is 0 Å². The number of anilines is 2. The van der Waals surface area contributed by atoms with Gasteiger partial charge in [0, 0.05) is 38.4 Å². The molecule has 1 aliphatic heterocycles. The normalized spacial score (nSPS) is 15.2. The molecule has 10 heteroatoms. The van der Waals surface area contributed by atoms with Crippen LogP contribution in [0.2, 0.25) is 0 Å². The predicted octanol–water partition coefficient (Wildman–Crippen LogP) is 0.355. The molecule has 140 valence electrons. The van der Waals surface area contributed by atoms with E-state index >= 15 is 0 Å². The van der Waals surface area contributed by atoms with Gasteiger partial charge in [-0.15, -0.1) is 0 Å². The number of amides is 1. The van der Waals surface area contributed by atoms with Crippen LogP contribution in [0.4, 0.5) is 11.7 Å². The van der Waals surface area contributed by atoms with Gasteiger partial charge in [-0.05, 0) is 13.1 Å². The summed E-state index contributed by atoms with van der Waals surface area (Å²) in [5.41, 5.74) is 12.0. The molecule has 0 unspecified atom stereocenters. The third-order valence-electron chi connectivity index (χ3n) is 4.52. The van der Waals surface area contributed by atoms with Crippen LogP contribution in [0.1, 0.15) is 10.4 Å². The van der Waals surface area contributed by atoms with Crippen molar-refractivity contribution in [2.24, 2.45) is 5.73 Å². The Hall–Kier alpha value is -3.40. The lowest BCUT2D eigenvalue weighted by Gasteiger charge is -2.32. The van der Waals surface area contributed by atoms with Crippen LogP contribution < -0.4 is 16.4 Å². The minimum absolute atomic E-state index is 0.184. The fraction of sp³-hybridized carbons (Fsp3) is 0.294. The van der Waals surface area contributed by atoms with E-state index in [2.05, 4.69) is 31.9 Å². The van der Waals surface area contributed by atoms with Gasteiger partial charge in [0.25, 0.3) is 5.91 Å². The molecular formula is C17H20N8O2. The van der Waals surface area contributed by atoms with Gasteiger partial charge in [0.15, 0.2) is 23.3 Å². The summed E-state index contributed by atoms with van der Waals surface area (Å²) in [4.78, 5) is 24.4. The molecule has 4 rings (SSSR count). The third kappa shape index (κ3) is 3.34. The van der Waals surface area contributed by atoms with Crippen LogP contribution in [0.25, 0.3) is 17.3 Å². The average Bonchev–Trinajstić information content (AvgIpc) is 3.33. The number of likely N-dealkylation sites (N-methyl/N-ethyl adjacent to an activating group) is 1. The van der Waals surface area contributed by atoms with Crippen LogP contribution in [0.5, 0.6) is 0 Å². The summed E-state index contributed by atoms with van der Waals surface area (Å²) < 4.78 is 7.35. The first-order chi connectivity index (χ1) is 13.0. The monoisotopic (exact) mass is 368 g/mol. The number of nitrogens with zero attached hydrogens (tertiary/aromatic N) is 6. The van der Waals surface area contributed by atoms with Gasteiger partial charge in [0.1, 0.15) is 5.69 Å². The van der Waals surface area contributed by atoms with Gasteiger partial charge in [-0.3, -0.25) is 4.79 Å². The average molecular weight is 368 g/mol. The number of primary amides is 1. The number of hydrogen-bond donors (Lipinski definition) is 2. The van der Waals surface area contributed by atoms with Crippen LogP contribution in [0.15, 0.2) is 35.1 Å². The molecule has 0 atom stereocenters. The first kappa shape index (κ1) is 17.0. The molecule has 0 radical (unpaired) electrons. The topological polar surface area (TPSA) is 132 Å². The number of furan rings is 1. The lowest BCUT2D eigenvalue weighted by Crippen LogP contribution is -2.44. The Morgan fingerprint density at radius 1 is 1.19 bits per heavy atom. The molecule has 4 N–H and O–H groups in total. The first-order valence-corrected chi connectivity index (χ1v) is 8.52. The van der Waals surface area contributed by atoms with Crippen molar-refractivity contribution in [3.05, 3.63) is 36.3 Å². The number of piperazine rings is 1. The number of aromatic nitrogens is 4. The predicted molar refractivity (Wildman–Crippen MR) is 99.5 cm³/mol. The van der Waals surface area contributed by atoms with Crippen LogP contribution in [0.3, 0.4) is 0 Å². The fourth-order valence-electron chi connectivity index (χ4n) is 2.90. The molecule has 1 saturated heterocycles. The number of nitrogen functional groups attached to an aromatic ring is 1. The van der Waals surface area contributed by atoms with Crippen molar-refractivity contribution in [1.29, 1.82) is 0 Å². The number of hydrogen-bond acceptors (Lipinski definition) is 8. The standard InChI is InChI=1S/C17H20N8O2/c1-23-4-6-24(7-5-23)14-3-2-13(27-14)12-9-20-15(18)17(22-12)25-10-11(8-21-25)16(19)26/h2-3,8-10H,4-7H2,1H3,(H2,18,20)(H2,19,26). The van der Waals surface area contributed by atoms with E-state index in [1.54, 1.807) is 6.20 Å². The third-order valence-corrected chi connectivity index (χ3v) is 4.52. The molecule has 0 aliphatic carbocycles. The van der Waals surface area contributed by atoms with Crippen molar-refractivity contribution in [2.45, 2.75) is 0 Å². The second kappa shape index (κ2) is 6.72. The van der Waals surface area contributed by atoms with Gasteiger partial charge in [-0.1, -0.05) is 0 Å². The smallest absolute Gasteiger partial charge is 0.251 e. The summed E-state index contributed by atoms with van der Waals surface area (Å²) in [7, 11) is 2.11. The summed E-state index contributed by atoms with van der Waals surface area (Å²) in [6.07, 6.45) is 4.36. The van der Waals surface area contributed by atoms with E-state index in [0.29, 0.717) is 17.3 Å². The molecule has 0 spiro atoms. The van der Waals surface area contributed by atoms with Crippen molar-refractivity contribution in [3.63, 3.8) is 0 Å². The number of rotatable bonds is 4. The largest absolute Gasteiger partial charge is 0.439 e. The first-order valence-electron chi connectivity index (χ1n) is 8.52. The van der Waals surface area contributed by atoms with Crippen molar-refractivity contribution in [2.75, 3.05) is 43.9 Å². The van der Waals surface area contributed by atoms with Gasteiger partial charge < -0.3 is 25.7 Å². The number of carbonyl (C=O) groups excluding carboxylic acids is 1. The zero-order valence-corrected chi connectivity index (χ0v) is 14.9. The maximum Gasteiger partial charge on any atom is 0.251 e. The van der Waals surface area contributed by atoms with E-state index in [9.17, 15) is 4.79 Å². The van der Waals surface area contributed by atoms with Gasteiger partial charge in [-0.2, -0.15) is 5.10 Å². The highest BCUT2D eigenvalue weighted by Gasteiger charge is 2.19. The highest BCUT2D eigenvalue weighted by molar-refractivity contribution is 5.92. The zero-order chi connectivity index (χ0) is 19.0. The van der Waals surface area contributed by atoms with Gasteiger partial charge >= 0.3 is 0 Å². The molecule has 27 heavy (non-hydrogen) atoms. The molecule has 1 amide bonds. The second-order valence-electron chi connectivity index (χ2n) is 6.43. The molecule has 1 fully saturated rings. The molecular weight excluding hydrogens is 348 g/mol. The van der Waals surface area contributed by atoms with Crippen molar-refractivity contribution in [1.82, 2.24) is 24.6 Å². The highest BCUT2D eigenvalue weighted by Crippen LogP contribution is 2.27. The van der Waals surface area contributed by atoms with Gasteiger partial charge in [0.05, 0.1) is 18.0 Å². The molecule has 1 aliphatic rings. The van der Waals surface area contributed by atoms with Crippen molar-refractivity contribution in [3.8, 4) is 17.3 Å². The Bertz CT molecular complexity index is 971. The Morgan fingerprint density at radius 2 is 1.96 bits per heavy atom. The SMILES string of the molecule is CN1CCN(c2ccc(-c3cnc(N)c(-n4cc(C(N)=O)cn4)n3)o2)CC1. The Balaban J connectivity index is 1.62. The van der Waals surface area contributed by atoms with Crippen molar-refractivity contribution >= 4 is 17.6 Å². The lowest BCUT2D eigenvalue weighted by molar-refractivity contribution is 0.100. The Kier molecular flexibility index (Phi) is 4.24. The quantitative estimate of drug-likeness (QED) is 0.674. The van der Waals surface area contributed by atoms with E-state index in [4.69, 9.17) is 15.9 Å². The Labute approximate surface area is 155 Å². The Morgan fingerprint density at radius 3 is 2.67 bits per heavy atom. The molecule has 4 heterocycles. The molecule has 0 aromatic carbocycles. The molecule has 0 bridgehead atoms. The summed E-state index contributed by atoms with van der Waals surface area (Å²) in [6, 6.07) is 3.78. The summed E-state index contributed by atoms with van der Waals surface area (Å²) in [5, 5.41) is 4.08. The van der Waals surface area contributed by atoms with Crippen LogP contribution in [-0.4, -0.2) is 63.8 Å². The fourth-order valence-corrected chi connectivity index (χ4v) is 2.90. The highest BCUT2D eigenvalue weighted by atomic mass is 16.4. The van der Waals surface area contributed by atoms with E-state index in [-0.39, 0.29) is 11.4 Å². The van der Waals surface area contributed by atoms with Gasteiger partial charge in [0.2, 0.25) is 0 Å². The van der Waals surface area contributed by atoms with E-state index in [1.807, 2.05) is 12.1 Å². The molecule has 0 saturated carbocycles. The zero-order valence-electron chi connectivity index (χ0n) is 14.9. The summed E-state index contributed by atoms with van der Waals surface area (Å²) in [6.45, 7) is 3.79. The van der Waals surface area contributed by atoms with Crippen LogP contribution in [-0.2, 0) is 0 Å². The maximum atomic E-state index is 11.3. The summed E-state index contributed by atoms with van der Waals surface area (Å²) >= 11 is 0. The van der Waals surface area contributed by atoms with E-state index in [0.717, 1.165) is 32.1 Å². The molecule has 10 nitrogen and oxygen atoms in total. The minimum Gasteiger partial charge on any atom is -0.439 e. The number of carbonyl (C=O) groups is 1. The van der Waals surface area contributed by atoms with E-state index in [1.165, 1.54) is 17.1 Å². The van der Waals surface area contributed by atoms with Gasteiger partial charge in [-0.25, -0.2) is 14.6 Å². The lowest BCUT2D eigenvalue weighted by atomic mass is 10.3. The maximum absolute atomic E-state index is 11.3. The molecule has 3 aromatic rings. The molecule has 3 aromatic heterocycles. The summed E-state index contributed by atoms with van der Waals surface area (Å²) in [5.74, 6) is 1.29. The minimum atomic E-state index is -0.577.